The number of hydrogen-bond acceptors (Lipinski definition) is 4. The fourth-order valence-corrected chi connectivity index (χ4v) is 2.80. The molecular weight excluding hydrogens is 456 g/mol. The average Bonchev–Trinajstić information content (AvgIpc) is 2.78. The van der Waals surface area contributed by atoms with Gasteiger partial charge in [-0.25, -0.2) is 26.3 Å². The molecule has 1 heterocycles. The molecule has 0 fully saturated rings. The lowest BCUT2D eigenvalue weighted by Crippen LogP contribution is -2.45. The van der Waals surface area contributed by atoms with Crippen molar-refractivity contribution in [1.82, 2.24) is 15.1 Å². The minimum Gasteiger partial charge on any atom is -0.382 e. The normalized spacial score (nSPS) is 13.2. The van der Waals surface area contributed by atoms with E-state index in [1.54, 1.807) is 0 Å². The van der Waals surface area contributed by atoms with Gasteiger partial charge in [-0.1, -0.05) is 30.3 Å². The highest BCUT2D eigenvalue weighted by Gasteiger charge is 2.30. The van der Waals surface area contributed by atoms with Crippen LogP contribution in [-0.2, 0) is 0 Å². The van der Waals surface area contributed by atoms with E-state index in [0.29, 0.717) is 4.68 Å². The van der Waals surface area contributed by atoms with Gasteiger partial charge in [0.05, 0.1) is 11.4 Å². The molecule has 0 bridgehead atoms. The molecule has 0 aliphatic carbocycles. The van der Waals surface area contributed by atoms with Gasteiger partial charge in [-0.15, -0.1) is 0 Å². The smallest absolute Gasteiger partial charge is 0.284 e. The van der Waals surface area contributed by atoms with Gasteiger partial charge in [0.1, 0.15) is 11.4 Å². The van der Waals surface area contributed by atoms with Crippen LogP contribution in [0.2, 0.25) is 0 Å². The van der Waals surface area contributed by atoms with E-state index in [0.717, 1.165) is 30.3 Å². The van der Waals surface area contributed by atoms with Gasteiger partial charge in [0.2, 0.25) is 6.30 Å². The molecule has 3 rings (SSSR count). The summed E-state index contributed by atoms with van der Waals surface area (Å²) in [4.78, 5) is 25.3. The van der Waals surface area contributed by atoms with Crippen molar-refractivity contribution in [2.45, 2.75) is 25.3 Å². The van der Waals surface area contributed by atoms with E-state index in [1.807, 2.05) is 0 Å². The zero-order valence-electron chi connectivity index (χ0n) is 16.4. The Morgan fingerprint density at radius 2 is 1.67 bits per heavy atom. The number of rotatable bonds is 7. The highest BCUT2D eigenvalue weighted by atomic mass is 19.3. The van der Waals surface area contributed by atoms with Crippen molar-refractivity contribution in [3.05, 3.63) is 81.9 Å². The molecule has 174 valence electrons. The monoisotopic (exact) mass is 471 g/mol. The SMILES string of the molecule is O=C(NC(F)C(O)C(F)F)c1cc(-c2ccc(C(F)F)cc2)nn(-c2cccc(F)c2)c1=O. The third-order valence-corrected chi connectivity index (χ3v) is 4.49. The van der Waals surface area contributed by atoms with Crippen molar-refractivity contribution in [3.8, 4) is 16.9 Å². The van der Waals surface area contributed by atoms with Crippen LogP contribution in [0.25, 0.3) is 16.9 Å². The standard InChI is InChI=1S/C21H15F6N3O3/c22-12-2-1-3-13(8-12)30-21(33)14(20(32)28-19(27)16(31)18(25)26)9-15(29-30)10-4-6-11(7-5-10)17(23)24/h1-9,16-19,31H,(H,28,32). The first-order valence-corrected chi connectivity index (χ1v) is 9.28. The van der Waals surface area contributed by atoms with Gasteiger partial charge in [0.15, 0.2) is 6.10 Å². The van der Waals surface area contributed by atoms with Crippen molar-refractivity contribution in [2.24, 2.45) is 0 Å². The van der Waals surface area contributed by atoms with Gasteiger partial charge in [-0.05, 0) is 24.3 Å². The van der Waals surface area contributed by atoms with Crippen molar-refractivity contribution in [2.75, 3.05) is 0 Å². The Labute approximate surface area is 182 Å². The molecule has 2 atom stereocenters. The molecule has 2 unspecified atom stereocenters. The van der Waals surface area contributed by atoms with E-state index in [9.17, 15) is 35.9 Å². The molecule has 0 spiro atoms. The predicted octanol–water partition coefficient (Wildman–Crippen LogP) is 3.63. The van der Waals surface area contributed by atoms with Gasteiger partial charge >= 0.3 is 0 Å². The number of benzene rings is 2. The zero-order chi connectivity index (χ0) is 24.3. The van der Waals surface area contributed by atoms with E-state index in [-0.39, 0.29) is 22.5 Å². The van der Waals surface area contributed by atoms with Gasteiger partial charge < -0.3 is 10.4 Å². The topological polar surface area (TPSA) is 84.2 Å². The maximum Gasteiger partial charge on any atom is 0.284 e. The third kappa shape index (κ3) is 5.40. The highest BCUT2D eigenvalue weighted by Crippen LogP contribution is 2.24. The quantitative estimate of drug-likeness (QED) is 0.407. The lowest BCUT2D eigenvalue weighted by Gasteiger charge is -2.17. The minimum absolute atomic E-state index is 0.116. The Morgan fingerprint density at radius 1 is 1.00 bits per heavy atom. The Bertz CT molecular complexity index is 1200. The van der Waals surface area contributed by atoms with Crippen molar-refractivity contribution >= 4 is 5.91 Å². The molecule has 33 heavy (non-hydrogen) atoms. The molecule has 1 amide bonds. The van der Waals surface area contributed by atoms with E-state index < -0.39 is 48.1 Å². The molecule has 6 nitrogen and oxygen atoms in total. The van der Waals surface area contributed by atoms with Crippen molar-refractivity contribution in [1.29, 1.82) is 0 Å². The van der Waals surface area contributed by atoms with Crippen molar-refractivity contribution < 1.29 is 36.2 Å². The Balaban J connectivity index is 2.12. The van der Waals surface area contributed by atoms with E-state index in [4.69, 9.17) is 5.11 Å². The first kappa shape index (κ1) is 24.0. The second-order valence-electron chi connectivity index (χ2n) is 6.76. The summed E-state index contributed by atoms with van der Waals surface area (Å²) < 4.78 is 78.8. The molecule has 0 radical (unpaired) electrons. The molecule has 0 aliphatic rings. The highest BCUT2D eigenvalue weighted by molar-refractivity contribution is 5.95. The van der Waals surface area contributed by atoms with Crippen LogP contribution in [0.4, 0.5) is 26.3 Å². The second kappa shape index (κ2) is 9.86. The maximum atomic E-state index is 13.8. The van der Waals surface area contributed by atoms with Crippen LogP contribution in [0.3, 0.4) is 0 Å². The fraction of sp³-hybridized carbons (Fsp3) is 0.190. The van der Waals surface area contributed by atoms with Crippen LogP contribution in [0, 0.1) is 5.82 Å². The number of aliphatic hydroxyl groups is 1. The molecule has 2 aromatic carbocycles. The lowest BCUT2D eigenvalue weighted by molar-refractivity contribution is -0.0551. The largest absolute Gasteiger partial charge is 0.382 e. The molecule has 2 N–H and O–H groups in total. The third-order valence-electron chi connectivity index (χ3n) is 4.49. The van der Waals surface area contributed by atoms with Gasteiger partial charge in [0, 0.05) is 11.1 Å². The van der Waals surface area contributed by atoms with Crippen LogP contribution in [0.1, 0.15) is 22.3 Å². The summed E-state index contributed by atoms with van der Waals surface area (Å²) in [7, 11) is 0. The predicted molar refractivity (Wildman–Crippen MR) is 105 cm³/mol. The van der Waals surface area contributed by atoms with E-state index in [1.165, 1.54) is 29.6 Å². The zero-order valence-corrected chi connectivity index (χ0v) is 16.4. The summed E-state index contributed by atoms with van der Waals surface area (Å²) in [5.41, 5.74) is -2.30. The fourth-order valence-electron chi connectivity index (χ4n) is 2.80. The molecular formula is C21H15F6N3O3. The maximum absolute atomic E-state index is 13.8. The van der Waals surface area contributed by atoms with Gasteiger partial charge in [0.25, 0.3) is 24.3 Å². The summed E-state index contributed by atoms with van der Waals surface area (Å²) >= 11 is 0. The van der Waals surface area contributed by atoms with E-state index in [2.05, 4.69) is 5.10 Å². The Morgan fingerprint density at radius 3 is 2.24 bits per heavy atom. The molecule has 0 aliphatic heterocycles. The number of nitrogens with one attached hydrogen (secondary N) is 1. The summed E-state index contributed by atoms with van der Waals surface area (Å²) in [5, 5.41) is 14.6. The van der Waals surface area contributed by atoms with Gasteiger partial charge in [-0.2, -0.15) is 9.78 Å². The van der Waals surface area contributed by atoms with Crippen LogP contribution < -0.4 is 10.9 Å². The number of carbonyl (C=O) groups excluding carboxylic acids is 1. The summed E-state index contributed by atoms with van der Waals surface area (Å²) in [6.07, 6.45) is -12.0. The van der Waals surface area contributed by atoms with E-state index >= 15 is 0 Å². The first-order chi connectivity index (χ1) is 15.6. The summed E-state index contributed by atoms with van der Waals surface area (Å²) in [6.45, 7) is 0. The molecule has 3 aromatic rings. The summed E-state index contributed by atoms with van der Waals surface area (Å²) in [5.74, 6) is -2.20. The summed E-state index contributed by atoms with van der Waals surface area (Å²) in [6, 6.07) is 10.0. The Kier molecular flexibility index (Phi) is 7.16. The Hall–Kier alpha value is -3.67. The lowest BCUT2D eigenvalue weighted by atomic mass is 10.1. The molecule has 0 saturated heterocycles. The number of amides is 1. The number of aliphatic hydroxyl groups excluding tert-OH is 1. The average molecular weight is 471 g/mol. The first-order valence-electron chi connectivity index (χ1n) is 9.28. The second-order valence-corrected chi connectivity index (χ2v) is 6.76. The van der Waals surface area contributed by atoms with Crippen LogP contribution in [-0.4, -0.2) is 39.6 Å². The van der Waals surface area contributed by atoms with Gasteiger partial charge in [-0.3, -0.25) is 9.59 Å². The molecule has 1 aromatic heterocycles. The minimum atomic E-state index is -3.51. The number of carbonyl (C=O) groups is 1. The van der Waals surface area contributed by atoms with Crippen LogP contribution >= 0.6 is 0 Å². The number of nitrogens with zero attached hydrogens (tertiary/aromatic N) is 2. The number of alkyl halides is 5. The molecule has 12 heteroatoms. The molecule has 0 saturated carbocycles. The number of halogens is 6. The van der Waals surface area contributed by atoms with Crippen LogP contribution in [0.15, 0.2) is 59.4 Å². The van der Waals surface area contributed by atoms with Crippen molar-refractivity contribution in [3.63, 3.8) is 0 Å². The number of hydrogen-bond donors (Lipinski definition) is 2. The van der Waals surface area contributed by atoms with Crippen LogP contribution in [0.5, 0.6) is 0 Å². The number of aromatic nitrogens is 2.